The van der Waals surface area contributed by atoms with Crippen molar-refractivity contribution in [3.8, 4) is 5.75 Å². The van der Waals surface area contributed by atoms with Crippen LogP contribution >= 0.6 is 0 Å². The largest absolute Gasteiger partial charge is 0.573 e. The van der Waals surface area contributed by atoms with Crippen LogP contribution in [0.3, 0.4) is 0 Å². The first-order chi connectivity index (χ1) is 16.2. The molecule has 2 aromatic heterocycles. The van der Waals surface area contributed by atoms with Gasteiger partial charge in [-0.25, -0.2) is 9.37 Å². The maximum absolute atomic E-state index is 13.8. The van der Waals surface area contributed by atoms with Crippen LogP contribution in [0.5, 0.6) is 5.75 Å². The Morgan fingerprint density at radius 1 is 1.15 bits per heavy atom. The summed E-state index contributed by atoms with van der Waals surface area (Å²) in [6, 6.07) is 7.60. The van der Waals surface area contributed by atoms with Crippen molar-refractivity contribution in [3.05, 3.63) is 83.8 Å². The number of anilines is 2. The molecule has 1 aliphatic rings. The van der Waals surface area contributed by atoms with Crippen molar-refractivity contribution < 1.29 is 27.1 Å². The third kappa shape index (κ3) is 4.49. The van der Waals surface area contributed by atoms with E-state index in [-0.39, 0.29) is 11.3 Å². The SMILES string of the molecule is O=C(Nc1cc(F)cc(OC(F)(F)F)c1)c1ccc2c(c1)N(Cc1cnc3cnccn13)CC2. The molecule has 7 nitrogen and oxygen atoms in total. The number of benzene rings is 2. The summed E-state index contributed by atoms with van der Waals surface area (Å²) >= 11 is 0. The Morgan fingerprint density at radius 3 is 2.82 bits per heavy atom. The zero-order valence-electron chi connectivity index (χ0n) is 17.5. The number of halogens is 4. The number of hydrogen-bond acceptors (Lipinski definition) is 5. The van der Waals surface area contributed by atoms with Crippen LogP contribution in [-0.4, -0.2) is 33.2 Å². The maximum Gasteiger partial charge on any atom is 0.573 e. The van der Waals surface area contributed by atoms with Crippen molar-refractivity contribution >= 4 is 22.9 Å². The average Bonchev–Trinajstić information content (AvgIpc) is 3.36. The Kier molecular flexibility index (Phi) is 5.31. The molecule has 3 heterocycles. The Hall–Kier alpha value is -4.15. The molecule has 0 saturated carbocycles. The molecule has 0 radical (unpaired) electrons. The molecular formula is C23H17F4N5O2. The van der Waals surface area contributed by atoms with Crippen LogP contribution in [0.2, 0.25) is 0 Å². The van der Waals surface area contributed by atoms with Crippen LogP contribution in [0.1, 0.15) is 21.6 Å². The second-order valence-corrected chi connectivity index (χ2v) is 7.75. The van der Waals surface area contributed by atoms with E-state index in [0.717, 1.165) is 47.7 Å². The van der Waals surface area contributed by atoms with E-state index < -0.39 is 23.8 Å². The number of aromatic nitrogens is 3. The van der Waals surface area contributed by atoms with Gasteiger partial charge in [0.2, 0.25) is 0 Å². The van der Waals surface area contributed by atoms with Gasteiger partial charge < -0.3 is 15.0 Å². The van der Waals surface area contributed by atoms with Crippen LogP contribution in [0.15, 0.2) is 61.2 Å². The number of hydrogen-bond donors (Lipinski definition) is 1. The number of amides is 1. The summed E-state index contributed by atoms with van der Waals surface area (Å²) in [6.07, 6.45) is 2.77. The molecule has 0 spiro atoms. The Morgan fingerprint density at radius 2 is 2.00 bits per heavy atom. The Balaban J connectivity index is 1.36. The predicted molar refractivity (Wildman–Crippen MR) is 115 cm³/mol. The summed E-state index contributed by atoms with van der Waals surface area (Å²) in [5, 5.41) is 2.44. The van der Waals surface area contributed by atoms with Crippen molar-refractivity contribution in [2.45, 2.75) is 19.3 Å². The van der Waals surface area contributed by atoms with Crippen molar-refractivity contribution in [3.63, 3.8) is 0 Å². The molecule has 5 rings (SSSR count). The van der Waals surface area contributed by atoms with Crippen molar-refractivity contribution in [2.24, 2.45) is 0 Å². The lowest BCUT2D eigenvalue weighted by molar-refractivity contribution is -0.274. The fraction of sp³-hybridized carbons (Fsp3) is 0.174. The molecule has 1 aliphatic heterocycles. The van der Waals surface area contributed by atoms with E-state index in [2.05, 4.69) is 24.9 Å². The zero-order chi connectivity index (χ0) is 23.9. The Bertz CT molecular complexity index is 1390. The molecule has 0 bridgehead atoms. The first-order valence-corrected chi connectivity index (χ1v) is 10.3. The van der Waals surface area contributed by atoms with Gasteiger partial charge in [-0.3, -0.25) is 14.2 Å². The number of fused-ring (bicyclic) bond motifs is 2. The van der Waals surface area contributed by atoms with E-state index >= 15 is 0 Å². The monoisotopic (exact) mass is 471 g/mol. The summed E-state index contributed by atoms with van der Waals surface area (Å²) in [5.74, 6) is -2.31. The minimum absolute atomic E-state index is 0.152. The van der Waals surface area contributed by atoms with Crippen LogP contribution in [-0.2, 0) is 13.0 Å². The van der Waals surface area contributed by atoms with E-state index in [1.807, 2.05) is 16.7 Å². The van der Waals surface area contributed by atoms with E-state index in [1.165, 1.54) is 0 Å². The van der Waals surface area contributed by atoms with Gasteiger partial charge in [0.15, 0.2) is 5.65 Å². The van der Waals surface area contributed by atoms with Crippen LogP contribution in [0.25, 0.3) is 5.65 Å². The van der Waals surface area contributed by atoms with Crippen molar-refractivity contribution in [1.82, 2.24) is 14.4 Å². The van der Waals surface area contributed by atoms with Crippen LogP contribution in [0.4, 0.5) is 28.9 Å². The normalized spacial score (nSPS) is 13.2. The lowest BCUT2D eigenvalue weighted by Crippen LogP contribution is -2.21. The molecular weight excluding hydrogens is 454 g/mol. The Labute approximate surface area is 190 Å². The highest BCUT2D eigenvalue weighted by Crippen LogP contribution is 2.31. The number of imidazole rings is 1. The number of carbonyl (C=O) groups excluding carboxylic acids is 1. The van der Waals surface area contributed by atoms with Crippen molar-refractivity contribution in [2.75, 3.05) is 16.8 Å². The fourth-order valence-corrected chi connectivity index (χ4v) is 3.99. The third-order valence-electron chi connectivity index (χ3n) is 5.45. The first-order valence-electron chi connectivity index (χ1n) is 10.3. The third-order valence-corrected chi connectivity index (χ3v) is 5.45. The first kappa shape index (κ1) is 21.7. The van der Waals surface area contributed by atoms with Gasteiger partial charge in [0.05, 0.1) is 24.6 Å². The summed E-state index contributed by atoms with van der Waals surface area (Å²) in [6.45, 7) is 1.31. The number of ether oxygens (including phenoxy) is 1. The predicted octanol–water partition coefficient (Wildman–Crippen LogP) is 4.58. The molecule has 0 unspecified atom stereocenters. The number of rotatable bonds is 5. The maximum atomic E-state index is 13.8. The molecule has 34 heavy (non-hydrogen) atoms. The van der Waals surface area contributed by atoms with Crippen molar-refractivity contribution in [1.29, 1.82) is 0 Å². The minimum atomic E-state index is -4.98. The van der Waals surface area contributed by atoms with Gasteiger partial charge >= 0.3 is 6.36 Å². The second kappa shape index (κ2) is 8.32. The molecule has 174 valence electrons. The van der Waals surface area contributed by atoms with Crippen LogP contribution < -0.4 is 15.0 Å². The number of nitrogens with one attached hydrogen (secondary N) is 1. The lowest BCUT2D eigenvalue weighted by Gasteiger charge is -2.19. The minimum Gasteiger partial charge on any atom is -0.406 e. The van der Waals surface area contributed by atoms with E-state index in [0.29, 0.717) is 12.6 Å². The molecule has 11 heteroatoms. The number of alkyl halides is 3. The van der Waals surface area contributed by atoms with E-state index in [9.17, 15) is 22.4 Å². The van der Waals surface area contributed by atoms with Gasteiger partial charge in [-0.05, 0) is 30.2 Å². The highest BCUT2D eigenvalue weighted by atomic mass is 19.4. The van der Waals surface area contributed by atoms with Gasteiger partial charge in [-0.15, -0.1) is 13.2 Å². The zero-order valence-corrected chi connectivity index (χ0v) is 17.5. The van der Waals surface area contributed by atoms with Gasteiger partial charge in [0, 0.05) is 48.0 Å². The molecule has 1 amide bonds. The fourth-order valence-electron chi connectivity index (χ4n) is 3.99. The van der Waals surface area contributed by atoms with E-state index in [4.69, 9.17) is 0 Å². The van der Waals surface area contributed by atoms with Crippen LogP contribution in [0, 0.1) is 5.82 Å². The molecule has 2 aromatic carbocycles. The second-order valence-electron chi connectivity index (χ2n) is 7.75. The molecule has 0 fully saturated rings. The highest BCUT2D eigenvalue weighted by molar-refractivity contribution is 6.05. The summed E-state index contributed by atoms with van der Waals surface area (Å²) in [7, 11) is 0. The average molecular weight is 471 g/mol. The molecule has 4 aromatic rings. The highest BCUT2D eigenvalue weighted by Gasteiger charge is 2.31. The van der Waals surface area contributed by atoms with Gasteiger partial charge in [-0.1, -0.05) is 6.07 Å². The lowest BCUT2D eigenvalue weighted by atomic mass is 10.1. The molecule has 1 N–H and O–H groups in total. The molecule has 0 saturated heterocycles. The number of carbonyl (C=O) groups is 1. The smallest absolute Gasteiger partial charge is 0.406 e. The molecule has 0 atom stereocenters. The van der Waals surface area contributed by atoms with Gasteiger partial charge in [0.25, 0.3) is 5.91 Å². The summed E-state index contributed by atoms with van der Waals surface area (Å²) in [4.78, 5) is 23.3. The quantitative estimate of drug-likeness (QED) is 0.432. The summed E-state index contributed by atoms with van der Waals surface area (Å²) < 4.78 is 56.9. The number of nitrogens with zero attached hydrogens (tertiary/aromatic N) is 4. The summed E-state index contributed by atoms with van der Waals surface area (Å²) in [5.41, 5.74) is 3.76. The molecule has 0 aliphatic carbocycles. The van der Waals surface area contributed by atoms with E-state index in [1.54, 1.807) is 30.7 Å². The van der Waals surface area contributed by atoms with Gasteiger partial charge in [0.1, 0.15) is 11.6 Å². The van der Waals surface area contributed by atoms with Gasteiger partial charge in [-0.2, -0.15) is 0 Å². The topological polar surface area (TPSA) is 71.8 Å². The standard InChI is InChI=1S/C23H17F4N5O2/c24-16-8-17(10-19(9-16)34-23(25,26)27)30-22(33)15-2-1-14-3-5-31(20(14)7-15)13-18-11-29-21-12-28-4-6-32(18)21/h1-2,4,6-12H,3,5,13H2,(H,30,33).